The van der Waals surface area contributed by atoms with Gasteiger partial charge in [0.25, 0.3) is 0 Å². The zero-order valence-electron chi connectivity index (χ0n) is 6.12. The van der Waals surface area contributed by atoms with Gasteiger partial charge in [0.15, 0.2) is 0 Å². The molecule has 1 saturated carbocycles. The van der Waals surface area contributed by atoms with Crippen molar-refractivity contribution in [1.82, 2.24) is 0 Å². The Kier molecular flexibility index (Phi) is 2.75. The van der Waals surface area contributed by atoms with Crippen molar-refractivity contribution in [3.05, 3.63) is 12.8 Å². The molecule has 0 aromatic carbocycles. The zero-order valence-corrected chi connectivity index (χ0v) is 6.12. The average molecular weight is 142 g/mol. The van der Waals surface area contributed by atoms with Crippen LogP contribution in [-0.2, 0) is 4.74 Å². The van der Waals surface area contributed by atoms with Gasteiger partial charge in [-0.1, -0.05) is 6.58 Å². The smallest absolute Gasteiger partial charge is 0.100 e. The van der Waals surface area contributed by atoms with Gasteiger partial charge >= 0.3 is 0 Å². The van der Waals surface area contributed by atoms with E-state index < -0.39 is 0 Å². The summed E-state index contributed by atoms with van der Waals surface area (Å²) in [6.45, 7) is 3.48. The van der Waals surface area contributed by atoms with Crippen LogP contribution < -0.4 is 0 Å². The van der Waals surface area contributed by atoms with Gasteiger partial charge in [-0.3, -0.25) is 0 Å². The standard InChI is InChI=1S/C8H14O2/c1-2-10-8-5-3-4-7(9)6-8/h2,7-9H,1,3-6H2. The topological polar surface area (TPSA) is 29.5 Å². The Balaban J connectivity index is 2.24. The van der Waals surface area contributed by atoms with Crippen molar-refractivity contribution >= 4 is 0 Å². The van der Waals surface area contributed by atoms with Crippen molar-refractivity contribution in [2.75, 3.05) is 0 Å². The Morgan fingerprint density at radius 1 is 1.50 bits per heavy atom. The van der Waals surface area contributed by atoms with E-state index in [9.17, 15) is 5.11 Å². The molecule has 10 heavy (non-hydrogen) atoms. The highest BCUT2D eigenvalue weighted by Gasteiger charge is 2.19. The van der Waals surface area contributed by atoms with Crippen LogP contribution in [0.5, 0.6) is 0 Å². The average Bonchev–Trinajstić information content (AvgIpc) is 1.88. The Labute approximate surface area is 61.5 Å². The van der Waals surface area contributed by atoms with Crippen molar-refractivity contribution in [1.29, 1.82) is 0 Å². The van der Waals surface area contributed by atoms with Gasteiger partial charge in [0.1, 0.15) is 6.10 Å². The maximum absolute atomic E-state index is 9.19. The van der Waals surface area contributed by atoms with Gasteiger partial charge < -0.3 is 9.84 Å². The molecule has 1 aliphatic carbocycles. The number of hydrogen-bond donors (Lipinski definition) is 1. The summed E-state index contributed by atoms with van der Waals surface area (Å²) >= 11 is 0. The Morgan fingerprint density at radius 2 is 2.30 bits per heavy atom. The van der Waals surface area contributed by atoms with Crippen LogP contribution >= 0.6 is 0 Å². The molecule has 0 aliphatic heterocycles. The lowest BCUT2D eigenvalue weighted by Crippen LogP contribution is -2.24. The van der Waals surface area contributed by atoms with Crippen LogP contribution in [0, 0.1) is 0 Å². The highest BCUT2D eigenvalue weighted by atomic mass is 16.5. The summed E-state index contributed by atoms with van der Waals surface area (Å²) in [7, 11) is 0. The second-order valence-electron chi connectivity index (χ2n) is 2.75. The van der Waals surface area contributed by atoms with E-state index in [2.05, 4.69) is 6.58 Å². The first kappa shape index (κ1) is 7.61. The third kappa shape index (κ3) is 2.03. The first-order valence-corrected chi connectivity index (χ1v) is 3.77. The van der Waals surface area contributed by atoms with Crippen LogP contribution in [0.3, 0.4) is 0 Å². The first-order chi connectivity index (χ1) is 4.83. The number of hydrogen-bond acceptors (Lipinski definition) is 2. The van der Waals surface area contributed by atoms with E-state index in [0.29, 0.717) is 0 Å². The fourth-order valence-corrected chi connectivity index (χ4v) is 1.38. The highest BCUT2D eigenvalue weighted by molar-refractivity contribution is 4.73. The van der Waals surface area contributed by atoms with E-state index in [1.165, 1.54) is 6.26 Å². The molecule has 0 radical (unpaired) electrons. The molecule has 0 heterocycles. The molecule has 2 heteroatoms. The normalized spacial score (nSPS) is 33.3. The SMILES string of the molecule is C=COC1CCCC(O)C1. The molecular formula is C8H14O2. The lowest BCUT2D eigenvalue weighted by molar-refractivity contribution is 0.0309. The minimum atomic E-state index is -0.154. The van der Waals surface area contributed by atoms with Crippen molar-refractivity contribution in [2.24, 2.45) is 0 Å². The third-order valence-corrected chi connectivity index (χ3v) is 1.89. The van der Waals surface area contributed by atoms with Crippen LogP contribution in [0.1, 0.15) is 25.7 Å². The van der Waals surface area contributed by atoms with Crippen molar-refractivity contribution in [3.63, 3.8) is 0 Å². The van der Waals surface area contributed by atoms with Gasteiger partial charge in [0.2, 0.25) is 0 Å². The van der Waals surface area contributed by atoms with Gasteiger partial charge in [0, 0.05) is 6.42 Å². The van der Waals surface area contributed by atoms with Crippen LogP contribution in [-0.4, -0.2) is 17.3 Å². The van der Waals surface area contributed by atoms with E-state index in [4.69, 9.17) is 4.74 Å². The van der Waals surface area contributed by atoms with Crippen LogP contribution in [0.25, 0.3) is 0 Å². The molecule has 0 aromatic rings. The molecule has 0 bridgehead atoms. The highest BCUT2D eigenvalue weighted by Crippen LogP contribution is 2.20. The van der Waals surface area contributed by atoms with Crippen molar-refractivity contribution in [3.8, 4) is 0 Å². The summed E-state index contributed by atoms with van der Waals surface area (Å²) in [6.07, 6.45) is 5.34. The van der Waals surface area contributed by atoms with Crippen LogP contribution in [0.4, 0.5) is 0 Å². The first-order valence-electron chi connectivity index (χ1n) is 3.77. The second-order valence-corrected chi connectivity index (χ2v) is 2.75. The zero-order chi connectivity index (χ0) is 7.40. The molecule has 2 unspecified atom stereocenters. The molecule has 1 fully saturated rings. The van der Waals surface area contributed by atoms with E-state index in [1.54, 1.807) is 0 Å². The monoisotopic (exact) mass is 142 g/mol. The Morgan fingerprint density at radius 3 is 2.90 bits per heavy atom. The lowest BCUT2D eigenvalue weighted by atomic mass is 9.95. The van der Waals surface area contributed by atoms with E-state index >= 15 is 0 Å². The number of rotatable bonds is 2. The summed E-state index contributed by atoms with van der Waals surface area (Å²) in [5, 5.41) is 9.19. The molecule has 0 aromatic heterocycles. The molecule has 0 saturated heterocycles. The molecule has 1 aliphatic rings. The minimum absolute atomic E-state index is 0.154. The number of aliphatic hydroxyl groups excluding tert-OH is 1. The lowest BCUT2D eigenvalue weighted by Gasteiger charge is -2.24. The van der Waals surface area contributed by atoms with Gasteiger partial charge in [-0.15, -0.1) is 0 Å². The van der Waals surface area contributed by atoms with E-state index in [0.717, 1.165) is 25.7 Å². The van der Waals surface area contributed by atoms with Crippen LogP contribution in [0.15, 0.2) is 12.8 Å². The quantitative estimate of drug-likeness (QED) is 0.591. The fourth-order valence-electron chi connectivity index (χ4n) is 1.38. The molecule has 1 rings (SSSR count). The molecule has 2 atom stereocenters. The Bertz CT molecular complexity index is 112. The fraction of sp³-hybridized carbons (Fsp3) is 0.750. The molecule has 0 spiro atoms. The molecule has 2 nitrogen and oxygen atoms in total. The molecule has 0 amide bonds. The minimum Gasteiger partial charge on any atom is -0.499 e. The maximum atomic E-state index is 9.19. The van der Waals surface area contributed by atoms with Gasteiger partial charge in [-0.05, 0) is 19.3 Å². The third-order valence-electron chi connectivity index (χ3n) is 1.89. The summed E-state index contributed by atoms with van der Waals surface area (Å²) in [5.74, 6) is 0. The number of aliphatic hydroxyl groups is 1. The predicted molar refractivity (Wildman–Crippen MR) is 39.5 cm³/mol. The molecular weight excluding hydrogens is 128 g/mol. The van der Waals surface area contributed by atoms with Crippen molar-refractivity contribution in [2.45, 2.75) is 37.9 Å². The maximum Gasteiger partial charge on any atom is 0.100 e. The van der Waals surface area contributed by atoms with E-state index in [1.807, 2.05) is 0 Å². The molecule has 1 N–H and O–H groups in total. The predicted octanol–water partition coefficient (Wildman–Crippen LogP) is 1.45. The number of ether oxygens (including phenoxy) is 1. The molecule has 58 valence electrons. The van der Waals surface area contributed by atoms with E-state index in [-0.39, 0.29) is 12.2 Å². The van der Waals surface area contributed by atoms with Crippen molar-refractivity contribution < 1.29 is 9.84 Å². The second kappa shape index (κ2) is 3.62. The summed E-state index contributed by atoms with van der Waals surface area (Å²) < 4.78 is 5.16. The van der Waals surface area contributed by atoms with Gasteiger partial charge in [-0.2, -0.15) is 0 Å². The van der Waals surface area contributed by atoms with Crippen LogP contribution in [0.2, 0.25) is 0 Å². The van der Waals surface area contributed by atoms with Gasteiger partial charge in [0.05, 0.1) is 12.4 Å². The Hall–Kier alpha value is -0.500. The van der Waals surface area contributed by atoms with Gasteiger partial charge in [-0.25, -0.2) is 0 Å². The summed E-state index contributed by atoms with van der Waals surface area (Å²) in [4.78, 5) is 0. The largest absolute Gasteiger partial charge is 0.499 e. The summed E-state index contributed by atoms with van der Waals surface area (Å²) in [6, 6.07) is 0. The summed E-state index contributed by atoms with van der Waals surface area (Å²) in [5.41, 5.74) is 0.